The van der Waals surface area contributed by atoms with E-state index in [-0.39, 0.29) is 17.8 Å². The summed E-state index contributed by atoms with van der Waals surface area (Å²) in [6.45, 7) is 0. The highest BCUT2D eigenvalue weighted by Gasteiger charge is 2.46. The molecule has 2 aromatic rings. The molecule has 0 aliphatic heterocycles. The van der Waals surface area contributed by atoms with Gasteiger partial charge >= 0.3 is 5.97 Å². The van der Waals surface area contributed by atoms with Crippen LogP contribution in [0.25, 0.3) is 11.1 Å². The van der Waals surface area contributed by atoms with Crippen molar-refractivity contribution in [3.05, 3.63) is 54.1 Å². The number of ether oxygens (including phenoxy) is 1. The van der Waals surface area contributed by atoms with Crippen LogP contribution in [0.15, 0.2) is 48.5 Å². The largest absolute Gasteiger partial charge is 0.507 e. The maximum atomic E-state index is 12.6. The van der Waals surface area contributed by atoms with Crippen LogP contribution in [0.5, 0.6) is 5.75 Å². The molecule has 0 bridgehead atoms. The summed E-state index contributed by atoms with van der Waals surface area (Å²) >= 11 is 0. The van der Waals surface area contributed by atoms with Gasteiger partial charge in [0.25, 0.3) is 0 Å². The lowest BCUT2D eigenvalue weighted by atomic mass is 9.79. The van der Waals surface area contributed by atoms with Gasteiger partial charge in [-0.15, -0.1) is 0 Å². The average molecular weight is 404 g/mol. The molecular weight excluding hydrogens is 378 g/mol. The Kier molecular flexibility index (Phi) is 5.76. The molecule has 1 saturated carbocycles. The summed E-state index contributed by atoms with van der Waals surface area (Å²) in [6.07, 6.45) is 3.10. The molecule has 0 heterocycles. The SMILES string of the molecule is COC(=O)[C@@]1(Cc2cccc(-c3ccccc3O)c2)CC[C@H](NS(C)(=O)=O)C1. The van der Waals surface area contributed by atoms with Gasteiger partial charge in [0.05, 0.1) is 18.8 Å². The van der Waals surface area contributed by atoms with Crippen LogP contribution >= 0.6 is 0 Å². The second-order valence-electron chi connectivity index (χ2n) is 7.50. The maximum absolute atomic E-state index is 12.6. The summed E-state index contributed by atoms with van der Waals surface area (Å²) in [5, 5.41) is 10.1. The first kappa shape index (κ1) is 20.4. The molecule has 0 unspecified atom stereocenters. The van der Waals surface area contributed by atoms with Gasteiger partial charge in [0.1, 0.15) is 5.75 Å². The van der Waals surface area contributed by atoms with Crippen LogP contribution in [0.2, 0.25) is 0 Å². The number of hydrogen-bond acceptors (Lipinski definition) is 5. The van der Waals surface area contributed by atoms with E-state index in [4.69, 9.17) is 4.74 Å². The average Bonchev–Trinajstić information content (AvgIpc) is 3.03. The molecule has 1 fully saturated rings. The summed E-state index contributed by atoms with van der Waals surface area (Å²) in [5.74, 6) is -0.126. The van der Waals surface area contributed by atoms with Crippen LogP contribution in [-0.2, 0) is 26.0 Å². The summed E-state index contributed by atoms with van der Waals surface area (Å²) in [4.78, 5) is 12.6. The summed E-state index contributed by atoms with van der Waals surface area (Å²) in [7, 11) is -1.98. The molecule has 0 amide bonds. The van der Waals surface area contributed by atoms with Crippen LogP contribution in [0.3, 0.4) is 0 Å². The van der Waals surface area contributed by atoms with Crippen molar-refractivity contribution in [3.8, 4) is 16.9 Å². The number of aromatic hydroxyl groups is 1. The Balaban J connectivity index is 1.88. The topological polar surface area (TPSA) is 92.7 Å². The smallest absolute Gasteiger partial charge is 0.312 e. The number of para-hydroxylation sites is 1. The van der Waals surface area contributed by atoms with Gasteiger partial charge in [-0.25, -0.2) is 13.1 Å². The first-order valence-electron chi connectivity index (χ1n) is 9.15. The van der Waals surface area contributed by atoms with Crippen molar-refractivity contribution in [1.82, 2.24) is 4.72 Å². The van der Waals surface area contributed by atoms with Crippen LogP contribution in [0.1, 0.15) is 24.8 Å². The van der Waals surface area contributed by atoms with Crippen molar-refractivity contribution < 1.29 is 23.1 Å². The Morgan fingerprint density at radius 3 is 2.68 bits per heavy atom. The van der Waals surface area contributed by atoms with Crippen molar-refractivity contribution in [2.45, 2.75) is 31.7 Å². The lowest BCUT2D eigenvalue weighted by Gasteiger charge is -2.27. The third kappa shape index (κ3) is 4.54. The van der Waals surface area contributed by atoms with Gasteiger partial charge in [0, 0.05) is 11.6 Å². The number of sulfonamides is 1. The van der Waals surface area contributed by atoms with Crippen LogP contribution in [0.4, 0.5) is 0 Å². The molecule has 3 rings (SSSR count). The quantitative estimate of drug-likeness (QED) is 0.724. The molecule has 0 saturated heterocycles. The fourth-order valence-electron chi connectivity index (χ4n) is 4.12. The normalized spacial score (nSPS) is 22.1. The third-order valence-electron chi connectivity index (χ3n) is 5.29. The van der Waals surface area contributed by atoms with Gasteiger partial charge in [-0.1, -0.05) is 42.5 Å². The van der Waals surface area contributed by atoms with E-state index in [0.717, 1.165) is 22.9 Å². The number of benzene rings is 2. The molecule has 7 heteroatoms. The Labute approximate surface area is 165 Å². The van der Waals surface area contributed by atoms with Crippen molar-refractivity contribution in [1.29, 1.82) is 0 Å². The number of hydrogen-bond donors (Lipinski definition) is 2. The number of rotatable bonds is 6. The lowest BCUT2D eigenvalue weighted by molar-refractivity contribution is -0.152. The van der Waals surface area contributed by atoms with Crippen LogP contribution in [-0.4, -0.2) is 38.9 Å². The first-order valence-corrected chi connectivity index (χ1v) is 11.0. The first-order chi connectivity index (χ1) is 13.2. The van der Waals surface area contributed by atoms with Crippen LogP contribution in [0, 0.1) is 5.41 Å². The van der Waals surface area contributed by atoms with E-state index in [0.29, 0.717) is 25.7 Å². The highest BCUT2D eigenvalue weighted by Crippen LogP contribution is 2.43. The Morgan fingerprint density at radius 2 is 2.00 bits per heavy atom. The minimum Gasteiger partial charge on any atom is -0.507 e. The van der Waals surface area contributed by atoms with E-state index >= 15 is 0 Å². The van der Waals surface area contributed by atoms with E-state index in [1.807, 2.05) is 36.4 Å². The molecule has 28 heavy (non-hydrogen) atoms. The number of esters is 1. The fourth-order valence-corrected chi connectivity index (χ4v) is 4.93. The Morgan fingerprint density at radius 1 is 1.25 bits per heavy atom. The summed E-state index contributed by atoms with van der Waals surface area (Å²) in [5.41, 5.74) is 1.75. The number of methoxy groups -OCH3 is 1. The number of carbonyl (C=O) groups excluding carboxylic acids is 1. The second-order valence-corrected chi connectivity index (χ2v) is 9.28. The predicted molar refractivity (Wildman–Crippen MR) is 107 cm³/mol. The van der Waals surface area contributed by atoms with E-state index in [2.05, 4.69) is 4.72 Å². The van der Waals surface area contributed by atoms with E-state index in [9.17, 15) is 18.3 Å². The molecule has 0 spiro atoms. The maximum Gasteiger partial charge on any atom is 0.312 e. The zero-order valence-corrected chi connectivity index (χ0v) is 16.8. The molecular formula is C21H25NO5S. The zero-order chi connectivity index (χ0) is 20.4. The standard InChI is InChI=1S/C21H25NO5S/c1-27-20(24)21(11-10-17(14-21)22-28(2,25)26)13-15-6-5-7-16(12-15)18-8-3-4-9-19(18)23/h3-9,12,17,22-23H,10-11,13-14H2,1-2H3/t17-,21+/m0/s1. The van der Waals surface area contributed by atoms with Gasteiger partial charge in [0.2, 0.25) is 10.0 Å². The molecule has 2 N–H and O–H groups in total. The fraction of sp³-hybridized carbons (Fsp3) is 0.381. The highest BCUT2D eigenvalue weighted by molar-refractivity contribution is 7.88. The molecule has 2 atom stereocenters. The summed E-state index contributed by atoms with van der Waals surface area (Å²) < 4.78 is 30.8. The number of phenols is 1. The summed E-state index contributed by atoms with van der Waals surface area (Å²) in [6, 6.07) is 14.5. The third-order valence-corrected chi connectivity index (χ3v) is 6.05. The zero-order valence-electron chi connectivity index (χ0n) is 16.0. The molecule has 0 radical (unpaired) electrons. The van der Waals surface area contributed by atoms with Gasteiger partial charge in [0.15, 0.2) is 0 Å². The molecule has 1 aliphatic rings. The van der Waals surface area contributed by atoms with E-state index in [1.165, 1.54) is 7.11 Å². The molecule has 0 aromatic heterocycles. The number of carbonyl (C=O) groups is 1. The predicted octanol–water partition coefficient (Wildman–Crippen LogP) is 2.86. The lowest BCUT2D eigenvalue weighted by Crippen LogP contribution is -2.37. The highest BCUT2D eigenvalue weighted by atomic mass is 32.2. The Bertz CT molecular complexity index is 972. The van der Waals surface area contributed by atoms with Gasteiger partial charge in [-0.05, 0) is 42.9 Å². The second kappa shape index (κ2) is 7.93. The van der Waals surface area contributed by atoms with Crippen LogP contribution < -0.4 is 4.72 Å². The van der Waals surface area contributed by atoms with Crippen molar-refractivity contribution >= 4 is 16.0 Å². The molecule has 2 aromatic carbocycles. The minimum atomic E-state index is -3.34. The number of phenolic OH excluding ortho intramolecular Hbond substituents is 1. The van der Waals surface area contributed by atoms with E-state index in [1.54, 1.807) is 12.1 Å². The van der Waals surface area contributed by atoms with Crippen molar-refractivity contribution in [2.24, 2.45) is 5.41 Å². The molecule has 1 aliphatic carbocycles. The monoisotopic (exact) mass is 403 g/mol. The van der Waals surface area contributed by atoms with Crippen molar-refractivity contribution in [2.75, 3.05) is 13.4 Å². The molecule has 6 nitrogen and oxygen atoms in total. The van der Waals surface area contributed by atoms with Crippen molar-refractivity contribution in [3.63, 3.8) is 0 Å². The van der Waals surface area contributed by atoms with Gasteiger partial charge in [-0.2, -0.15) is 0 Å². The molecule has 150 valence electrons. The van der Waals surface area contributed by atoms with Gasteiger partial charge in [-0.3, -0.25) is 4.79 Å². The van der Waals surface area contributed by atoms with Gasteiger partial charge < -0.3 is 9.84 Å². The number of nitrogens with one attached hydrogen (secondary N) is 1. The Hall–Kier alpha value is -2.38. The van der Waals surface area contributed by atoms with E-state index < -0.39 is 15.4 Å². The minimum absolute atomic E-state index is 0.195.